The van der Waals surface area contributed by atoms with Gasteiger partial charge in [-0.15, -0.1) is 0 Å². The zero-order valence-corrected chi connectivity index (χ0v) is 12.6. The first-order valence-electron chi connectivity index (χ1n) is 6.66. The molecule has 0 radical (unpaired) electrons. The predicted molar refractivity (Wildman–Crippen MR) is 72.0 cm³/mol. The van der Waals surface area contributed by atoms with Gasteiger partial charge in [-0.05, 0) is 52.9 Å². The highest BCUT2D eigenvalue weighted by atomic mass is 32.2. The minimum Gasteiger partial charge on any atom is -0.242 e. The maximum absolute atomic E-state index is 13.0. The molecule has 1 aliphatic rings. The SMILES string of the molecule is C[C@@H](CC1CCC(F)(F)CC1)NS(=O)C(C)(C)C. The number of nitrogens with one attached hydrogen (secondary N) is 1. The third-order valence-electron chi connectivity index (χ3n) is 3.39. The fourth-order valence-electron chi connectivity index (χ4n) is 2.24. The first-order chi connectivity index (χ1) is 8.10. The lowest BCUT2D eigenvalue weighted by atomic mass is 9.83. The zero-order chi connectivity index (χ0) is 14.0. The van der Waals surface area contributed by atoms with E-state index in [-0.39, 0.29) is 23.6 Å². The lowest BCUT2D eigenvalue weighted by Crippen LogP contribution is -2.39. The Morgan fingerprint density at radius 2 is 1.83 bits per heavy atom. The van der Waals surface area contributed by atoms with Crippen LogP contribution in [0.5, 0.6) is 0 Å². The van der Waals surface area contributed by atoms with Crippen LogP contribution in [-0.4, -0.2) is 20.9 Å². The second-order valence-electron chi connectivity index (χ2n) is 6.44. The van der Waals surface area contributed by atoms with Gasteiger partial charge in [-0.25, -0.2) is 17.7 Å². The van der Waals surface area contributed by atoms with Crippen LogP contribution in [0.1, 0.15) is 59.8 Å². The van der Waals surface area contributed by atoms with E-state index >= 15 is 0 Å². The van der Waals surface area contributed by atoms with Gasteiger partial charge in [0.05, 0.1) is 15.7 Å². The van der Waals surface area contributed by atoms with Crippen molar-refractivity contribution in [2.24, 2.45) is 5.92 Å². The summed E-state index contributed by atoms with van der Waals surface area (Å²) in [5.74, 6) is -2.12. The third kappa shape index (κ3) is 5.31. The number of hydrogen-bond donors (Lipinski definition) is 1. The van der Waals surface area contributed by atoms with Crippen molar-refractivity contribution in [3.8, 4) is 0 Å². The molecule has 0 spiro atoms. The van der Waals surface area contributed by atoms with Gasteiger partial charge in [-0.1, -0.05) is 0 Å². The van der Waals surface area contributed by atoms with Gasteiger partial charge < -0.3 is 0 Å². The van der Waals surface area contributed by atoms with E-state index in [1.807, 2.05) is 27.7 Å². The highest BCUT2D eigenvalue weighted by Crippen LogP contribution is 2.37. The first-order valence-corrected chi connectivity index (χ1v) is 7.81. The number of halogens is 2. The molecule has 2 atom stereocenters. The molecule has 0 heterocycles. The van der Waals surface area contributed by atoms with Crippen LogP contribution in [0.25, 0.3) is 0 Å². The van der Waals surface area contributed by atoms with Gasteiger partial charge in [0, 0.05) is 18.9 Å². The lowest BCUT2D eigenvalue weighted by molar-refractivity contribution is -0.0470. The first kappa shape index (κ1) is 16.0. The molecule has 0 aliphatic heterocycles. The van der Waals surface area contributed by atoms with Crippen molar-refractivity contribution in [3.05, 3.63) is 0 Å². The van der Waals surface area contributed by atoms with Gasteiger partial charge in [0.15, 0.2) is 0 Å². The summed E-state index contributed by atoms with van der Waals surface area (Å²) in [6.07, 6.45) is 2.01. The zero-order valence-electron chi connectivity index (χ0n) is 11.8. The second-order valence-corrected chi connectivity index (χ2v) is 8.43. The third-order valence-corrected chi connectivity index (χ3v) is 5.12. The Kier molecular flexibility index (Phi) is 5.30. The molecule has 18 heavy (non-hydrogen) atoms. The maximum Gasteiger partial charge on any atom is 0.248 e. The van der Waals surface area contributed by atoms with Crippen LogP contribution in [0, 0.1) is 5.92 Å². The average Bonchev–Trinajstić information content (AvgIpc) is 2.19. The van der Waals surface area contributed by atoms with Crippen LogP contribution in [0.4, 0.5) is 8.78 Å². The number of rotatable bonds is 4. The van der Waals surface area contributed by atoms with E-state index < -0.39 is 16.9 Å². The molecule has 1 unspecified atom stereocenters. The molecule has 0 bridgehead atoms. The van der Waals surface area contributed by atoms with Crippen molar-refractivity contribution < 1.29 is 13.0 Å². The standard InChI is InChI=1S/C13H25F2NOS/c1-10(16-18(17)12(2,3)4)9-11-5-7-13(14,15)8-6-11/h10-11,16H,5-9H2,1-4H3/t10-,18?/m0/s1. The topological polar surface area (TPSA) is 29.1 Å². The van der Waals surface area contributed by atoms with E-state index in [0.717, 1.165) is 6.42 Å². The highest BCUT2D eigenvalue weighted by molar-refractivity contribution is 7.84. The van der Waals surface area contributed by atoms with Gasteiger partial charge in [0.1, 0.15) is 0 Å². The molecule has 1 fully saturated rings. The molecule has 5 heteroatoms. The Bertz CT molecular complexity index is 292. The molecule has 0 aromatic carbocycles. The quantitative estimate of drug-likeness (QED) is 0.837. The summed E-state index contributed by atoms with van der Waals surface area (Å²) >= 11 is 0. The largest absolute Gasteiger partial charge is 0.248 e. The van der Waals surface area contributed by atoms with Crippen LogP contribution in [0.3, 0.4) is 0 Å². The minimum absolute atomic E-state index is 0.00669. The van der Waals surface area contributed by atoms with Crippen LogP contribution < -0.4 is 4.72 Å². The van der Waals surface area contributed by atoms with Crippen LogP contribution >= 0.6 is 0 Å². The van der Waals surface area contributed by atoms with Gasteiger partial charge in [-0.2, -0.15) is 0 Å². The highest BCUT2D eigenvalue weighted by Gasteiger charge is 2.35. The molecule has 2 nitrogen and oxygen atoms in total. The molecule has 0 amide bonds. The molecular formula is C13H25F2NOS. The predicted octanol–water partition coefficient (Wildman–Crippen LogP) is 3.64. The van der Waals surface area contributed by atoms with E-state index in [0.29, 0.717) is 18.8 Å². The molecule has 1 N–H and O–H groups in total. The van der Waals surface area contributed by atoms with Crippen LogP contribution in [0.2, 0.25) is 0 Å². The smallest absolute Gasteiger partial charge is 0.242 e. The Morgan fingerprint density at radius 3 is 2.28 bits per heavy atom. The second kappa shape index (κ2) is 5.95. The van der Waals surface area contributed by atoms with E-state index in [2.05, 4.69) is 4.72 Å². The normalized spacial score (nSPS) is 24.8. The number of hydrogen-bond acceptors (Lipinski definition) is 1. The van der Waals surface area contributed by atoms with Gasteiger partial charge in [0.2, 0.25) is 5.92 Å². The summed E-state index contributed by atoms with van der Waals surface area (Å²) in [5, 5.41) is 0. The van der Waals surface area contributed by atoms with Crippen molar-refractivity contribution in [2.45, 2.75) is 76.5 Å². The minimum atomic E-state index is -2.46. The van der Waals surface area contributed by atoms with E-state index in [9.17, 15) is 13.0 Å². The average molecular weight is 281 g/mol. The Hall–Kier alpha value is -0.0300. The van der Waals surface area contributed by atoms with Gasteiger partial charge in [-0.3, -0.25) is 0 Å². The van der Waals surface area contributed by atoms with Gasteiger partial charge >= 0.3 is 0 Å². The Labute approximate surface area is 112 Å². The van der Waals surface area contributed by atoms with Crippen LogP contribution in [0.15, 0.2) is 0 Å². The van der Waals surface area contributed by atoms with Crippen molar-refractivity contribution in [2.75, 3.05) is 0 Å². The van der Waals surface area contributed by atoms with Crippen LogP contribution in [-0.2, 0) is 11.0 Å². The molecular weight excluding hydrogens is 256 g/mol. The van der Waals surface area contributed by atoms with Crippen molar-refractivity contribution in [1.82, 2.24) is 4.72 Å². The molecule has 108 valence electrons. The monoisotopic (exact) mass is 281 g/mol. The number of alkyl halides is 2. The summed E-state index contributed by atoms with van der Waals surface area (Å²) in [5.41, 5.74) is 0. The Balaban J connectivity index is 2.33. The van der Waals surface area contributed by atoms with Crippen molar-refractivity contribution in [3.63, 3.8) is 0 Å². The van der Waals surface area contributed by atoms with E-state index in [4.69, 9.17) is 0 Å². The summed E-state index contributed by atoms with van der Waals surface area (Å²) in [6.45, 7) is 7.74. The fourth-order valence-corrected chi connectivity index (χ4v) is 3.06. The summed E-state index contributed by atoms with van der Waals surface area (Å²) < 4.78 is 40.7. The fraction of sp³-hybridized carbons (Fsp3) is 1.00. The van der Waals surface area contributed by atoms with E-state index in [1.165, 1.54) is 0 Å². The van der Waals surface area contributed by atoms with Crippen molar-refractivity contribution >= 4 is 11.0 Å². The van der Waals surface area contributed by atoms with Gasteiger partial charge in [0.25, 0.3) is 0 Å². The Morgan fingerprint density at radius 1 is 1.33 bits per heavy atom. The molecule has 1 rings (SSSR count). The maximum atomic E-state index is 13.0. The molecule has 0 saturated heterocycles. The molecule has 0 aromatic rings. The lowest BCUT2D eigenvalue weighted by Gasteiger charge is -2.30. The molecule has 0 aromatic heterocycles. The molecule has 1 aliphatic carbocycles. The summed E-state index contributed by atoms with van der Waals surface area (Å²) in [4.78, 5) is 0. The van der Waals surface area contributed by atoms with E-state index in [1.54, 1.807) is 0 Å². The van der Waals surface area contributed by atoms with Crippen molar-refractivity contribution in [1.29, 1.82) is 0 Å². The summed E-state index contributed by atoms with van der Waals surface area (Å²) in [7, 11) is -1.09. The summed E-state index contributed by atoms with van der Waals surface area (Å²) in [6, 6.07) is 0.113. The molecule has 1 saturated carbocycles.